The van der Waals surface area contributed by atoms with Crippen LogP contribution in [-0.4, -0.2) is 30.7 Å². The van der Waals surface area contributed by atoms with Gasteiger partial charge in [0.2, 0.25) is 0 Å². The van der Waals surface area contributed by atoms with Gasteiger partial charge in [0, 0.05) is 11.1 Å². The van der Waals surface area contributed by atoms with Gasteiger partial charge in [0.15, 0.2) is 0 Å². The number of hydrogen-bond donors (Lipinski definition) is 2. The molecule has 1 rings (SSSR count). The number of nitrogens with one attached hydrogen (secondary N) is 2. The van der Waals surface area contributed by atoms with E-state index >= 15 is 0 Å². The number of benzene rings is 1. The van der Waals surface area contributed by atoms with Gasteiger partial charge >= 0.3 is 6.09 Å². The zero-order valence-corrected chi connectivity index (χ0v) is 14.5. The van der Waals surface area contributed by atoms with Gasteiger partial charge in [-0.3, -0.25) is 0 Å². The summed E-state index contributed by atoms with van der Waals surface area (Å²) in [6.07, 6.45) is -0.865. The summed E-state index contributed by atoms with van der Waals surface area (Å²) in [5, 5.41) is 5.32. The second-order valence-electron chi connectivity index (χ2n) is 6.34. The van der Waals surface area contributed by atoms with E-state index in [1.54, 1.807) is 52.0 Å². The molecule has 0 fully saturated rings. The highest BCUT2D eigenvalue weighted by Crippen LogP contribution is 2.23. The Morgan fingerprint density at radius 2 is 1.87 bits per heavy atom. The van der Waals surface area contributed by atoms with Crippen LogP contribution in [0.2, 0.25) is 5.02 Å². The van der Waals surface area contributed by atoms with Crippen LogP contribution in [-0.2, 0) is 4.74 Å². The summed E-state index contributed by atoms with van der Waals surface area (Å²) in [4.78, 5) is 11.4. The van der Waals surface area contributed by atoms with Crippen LogP contribution in [0.25, 0.3) is 0 Å². The number of alkyl carbamates (subject to hydrolysis) is 1. The Kier molecular flexibility index (Phi) is 6.77. The van der Waals surface area contributed by atoms with E-state index in [-0.39, 0.29) is 6.04 Å². The highest BCUT2D eigenvalue weighted by Gasteiger charge is 2.31. The minimum Gasteiger partial charge on any atom is -0.444 e. The quantitative estimate of drug-likeness (QED) is 0.812. The van der Waals surface area contributed by atoms with Crippen molar-refractivity contribution >= 4 is 17.7 Å². The van der Waals surface area contributed by atoms with Gasteiger partial charge in [-0.2, -0.15) is 0 Å². The van der Waals surface area contributed by atoms with Crippen LogP contribution in [0.15, 0.2) is 24.3 Å². The Labute approximate surface area is 140 Å². The van der Waals surface area contributed by atoms with Crippen molar-refractivity contribution in [3.8, 4) is 0 Å². The average Bonchev–Trinajstić information content (AvgIpc) is 2.42. The molecule has 130 valence electrons. The maximum atomic E-state index is 13.8. The third-order valence-electron chi connectivity index (χ3n) is 2.93. The third kappa shape index (κ3) is 7.61. The van der Waals surface area contributed by atoms with Crippen LogP contribution in [0.4, 0.5) is 13.6 Å². The number of ether oxygens (including phenoxy) is 1. The van der Waals surface area contributed by atoms with Crippen LogP contribution in [0.5, 0.6) is 0 Å². The molecule has 0 saturated heterocycles. The molecule has 7 heteroatoms. The van der Waals surface area contributed by atoms with Crippen LogP contribution in [0.1, 0.15) is 39.3 Å². The minimum atomic E-state index is -3.10. The summed E-state index contributed by atoms with van der Waals surface area (Å²) in [6, 6.07) is 6.71. The zero-order valence-electron chi connectivity index (χ0n) is 13.8. The summed E-state index contributed by atoms with van der Waals surface area (Å²) in [5.74, 6) is -3.10. The van der Waals surface area contributed by atoms with Gasteiger partial charge in [-0.25, -0.2) is 13.6 Å². The smallest absolute Gasteiger partial charge is 0.407 e. The molecule has 0 spiro atoms. The molecule has 0 heterocycles. The standard InChI is InChI=1S/C16H23ClF2N2O2/c1-11(12-7-5-6-8-13(12)17)20-9-16(18,19)10-21-14(22)23-15(2,3)4/h5-8,11,20H,9-10H2,1-4H3,(H,21,22). The maximum Gasteiger partial charge on any atom is 0.407 e. The molecule has 1 aromatic carbocycles. The number of rotatable bonds is 6. The van der Waals surface area contributed by atoms with Crippen molar-refractivity contribution in [2.75, 3.05) is 13.1 Å². The van der Waals surface area contributed by atoms with Crippen molar-refractivity contribution in [1.82, 2.24) is 10.6 Å². The second-order valence-corrected chi connectivity index (χ2v) is 6.74. The Morgan fingerprint density at radius 3 is 2.43 bits per heavy atom. The molecule has 1 aromatic rings. The molecule has 1 atom stereocenters. The number of carbonyl (C=O) groups is 1. The normalized spacial score (nSPS) is 13.5. The molecular formula is C16H23ClF2N2O2. The first-order valence-electron chi connectivity index (χ1n) is 7.33. The van der Waals surface area contributed by atoms with E-state index in [0.29, 0.717) is 5.02 Å². The topological polar surface area (TPSA) is 50.4 Å². The second kappa shape index (κ2) is 7.93. The van der Waals surface area contributed by atoms with E-state index < -0.39 is 30.7 Å². The van der Waals surface area contributed by atoms with Gasteiger partial charge < -0.3 is 15.4 Å². The van der Waals surface area contributed by atoms with E-state index in [9.17, 15) is 13.6 Å². The monoisotopic (exact) mass is 348 g/mol. The van der Waals surface area contributed by atoms with Gasteiger partial charge in [-0.05, 0) is 39.3 Å². The van der Waals surface area contributed by atoms with E-state index in [0.717, 1.165) is 5.56 Å². The molecule has 0 aliphatic heterocycles. The molecule has 1 amide bonds. The number of halogens is 3. The largest absolute Gasteiger partial charge is 0.444 e. The predicted octanol–water partition coefficient (Wildman–Crippen LogP) is 4.15. The lowest BCUT2D eigenvalue weighted by Crippen LogP contribution is -2.45. The highest BCUT2D eigenvalue weighted by atomic mass is 35.5. The number of amides is 1. The molecule has 1 unspecified atom stereocenters. The molecule has 0 aliphatic rings. The molecule has 2 N–H and O–H groups in total. The molecule has 4 nitrogen and oxygen atoms in total. The van der Waals surface area contributed by atoms with Crippen LogP contribution in [0, 0.1) is 0 Å². The third-order valence-corrected chi connectivity index (χ3v) is 3.27. The fourth-order valence-corrected chi connectivity index (χ4v) is 2.12. The highest BCUT2D eigenvalue weighted by molar-refractivity contribution is 6.31. The Bertz CT molecular complexity index is 533. The summed E-state index contributed by atoms with van der Waals surface area (Å²) in [7, 11) is 0. The summed E-state index contributed by atoms with van der Waals surface area (Å²) < 4.78 is 32.6. The van der Waals surface area contributed by atoms with E-state index in [4.69, 9.17) is 16.3 Å². The van der Waals surface area contributed by atoms with Crippen LogP contribution < -0.4 is 10.6 Å². The Hall–Kier alpha value is -1.40. The zero-order chi connectivity index (χ0) is 17.7. The first kappa shape index (κ1) is 19.6. The van der Waals surface area contributed by atoms with Gasteiger partial charge in [0.05, 0.1) is 13.1 Å². The maximum absolute atomic E-state index is 13.8. The first-order valence-corrected chi connectivity index (χ1v) is 7.70. The molecule has 0 radical (unpaired) electrons. The SMILES string of the molecule is CC(NCC(F)(F)CNC(=O)OC(C)(C)C)c1ccccc1Cl. The molecular weight excluding hydrogens is 326 g/mol. The molecule has 0 saturated carbocycles. The van der Waals surface area contributed by atoms with E-state index in [1.807, 2.05) is 0 Å². The van der Waals surface area contributed by atoms with Gasteiger partial charge in [0.1, 0.15) is 5.60 Å². The van der Waals surface area contributed by atoms with Crippen LogP contribution >= 0.6 is 11.6 Å². The van der Waals surface area contributed by atoms with Crippen molar-refractivity contribution in [3.63, 3.8) is 0 Å². The van der Waals surface area contributed by atoms with Crippen molar-refractivity contribution < 1.29 is 18.3 Å². The van der Waals surface area contributed by atoms with Crippen molar-refractivity contribution in [3.05, 3.63) is 34.9 Å². The molecule has 0 aromatic heterocycles. The fourth-order valence-electron chi connectivity index (χ4n) is 1.82. The summed E-state index contributed by atoms with van der Waals surface area (Å²) in [5.41, 5.74) is 0.0148. The van der Waals surface area contributed by atoms with E-state index in [1.165, 1.54) is 0 Å². The minimum absolute atomic E-state index is 0.337. The number of alkyl halides is 2. The Balaban J connectivity index is 2.46. The van der Waals surface area contributed by atoms with Gasteiger partial charge in [-0.15, -0.1) is 0 Å². The molecule has 0 bridgehead atoms. The molecule has 0 aliphatic carbocycles. The number of carbonyl (C=O) groups excluding carboxylic acids is 1. The van der Waals surface area contributed by atoms with Crippen molar-refractivity contribution in [2.24, 2.45) is 0 Å². The van der Waals surface area contributed by atoms with Crippen LogP contribution in [0.3, 0.4) is 0 Å². The predicted molar refractivity (Wildman–Crippen MR) is 87.1 cm³/mol. The lowest BCUT2D eigenvalue weighted by atomic mass is 10.1. The Morgan fingerprint density at radius 1 is 1.26 bits per heavy atom. The number of hydrogen-bond acceptors (Lipinski definition) is 3. The first-order chi connectivity index (χ1) is 10.5. The fraction of sp³-hybridized carbons (Fsp3) is 0.562. The van der Waals surface area contributed by atoms with Crippen molar-refractivity contribution in [2.45, 2.75) is 45.3 Å². The summed E-state index contributed by atoms with van der Waals surface area (Å²) >= 11 is 6.03. The molecule has 23 heavy (non-hydrogen) atoms. The average molecular weight is 349 g/mol. The summed E-state index contributed by atoms with van der Waals surface area (Å²) in [6.45, 7) is 5.35. The van der Waals surface area contributed by atoms with Crippen molar-refractivity contribution in [1.29, 1.82) is 0 Å². The lowest BCUT2D eigenvalue weighted by molar-refractivity contribution is -0.00524. The van der Waals surface area contributed by atoms with E-state index in [2.05, 4.69) is 10.6 Å². The van der Waals surface area contributed by atoms with Gasteiger partial charge in [0.25, 0.3) is 5.92 Å². The lowest BCUT2D eigenvalue weighted by Gasteiger charge is -2.23. The van der Waals surface area contributed by atoms with Gasteiger partial charge in [-0.1, -0.05) is 29.8 Å².